The van der Waals surface area contributed by atoms with E-state index in [9.17, 15) is 22.0 Å². The molecular weight excluding hydrogens is 261 g/mol. The largest absolute Gasteiger partial charge is 0.469 e. The van der Waals surface area contributed by atoms with Crippen molar-refractivity contribution in [3.05, 3.63) is 12.0 Å². The summed E-state index contributed by atoms with van der Waals surface area (Å²) in [5.41, 5.74) is 0. The third kappa shape index (κ3) is 3.67. The van der Waals surface area contributed by atoms with E-state index in [4.69, 9.17) is 0 Å². The van der Waals surface area contributed by atoms with Gasteiger partial charge in [0.25, 0.3) is 5.88 Å². The first-order valence-corrected chi connectivity index (χ1v) is 4.92. The number of alkyl halides is 4. The zero-order valence-electron chi connectivity index (χ0n) is 9.26. The molecule has 0 aliphatic heterocycles. The summed E-state index contributed by atoms with van der Waals surface area (Å²) in [6.07, 6.45) is -3.20. The van der Waals surface area contributed by atoms with Crippen LogP contribution in [-0.2, 0) is 0 Å². The van der Waals surface area contributed by atoms with E-state index in [2.05, 4.69) is 20.0 Å². The van der Waals surface area contributed by atoms with Gasteiger partial charge in [0.1, 0.15) is 0 Å². The molecule has 0 saturated carbocycles. The lowest BCUT2D eigenvalue weighted by molar-refractivity contribution is -0.149. The highest BCUT2D eigenvalue weighted by atomic mass is 19.3. The lowest BCUT2D eigenvalue weighted by Gasteiger charge is -2.15. The molecule has 0 spiro atoms. The number of aromatic nitrogens is 2. The average Bonchev–Trinajstić information content (AvgIpc) is 2.30. The van der Waals surface area contributed by atoms with Crippen molar-refractivity contribution in [2.75, 3.05) is 18.5 Å². The molecule has 1 aromatic heterocycles. The summed E-state index contributed by atoms with van der Waals surface area (Å²) in [4.78, 5) is 6.92. The van der Waals surface area contributed by atoms with E-state index >= 15 is 0 Å². The fraction of sp³-hybridized carbons (Fsp3) is 0.556. The van der Waals surface area contributed by atoms with Gasteiger partial charge in [0, 0.05) is 6.54 Å². The van der Waals surface area contributed by atoms with Crippen LogP contribution in [-0.4, -0.2) is 35.5 Å². The topological polar surface area (TPSA) is 47.0 Å². The molecule has 0 amide bonds. The molecule has 9 heteroatoms. The Bertz CT molecular complexity index is 402. The Morgan fingerprint density at radius 3 is 2.67 bits per heavy atom. The Labute approximate surface area is 99.2 Å². The van der Waals surface area contributed by atoms with Crippen LogP contribution < -0.4 is 10.1 Å². The Balaban J connectivity index is 2.75. The molecule has 0 aliphatic carbocycles. The molecular formula is C9H10F5N3O. The predicted octanol–water partition coefficient (Wildman–Crippen LogP) is 2.33. The molecule has 0 unspecified atom stereocenters. The lowest BCUT2D eigenvalue weighted by atomic mass is 10.4. The van der Waals surface area contributed by atoms with Gasteiger partial charge in [-0.25, -0.2) is 13.8 Å². The van der Waals surface area contributed by atoms with Crippen molar-refractivity contribution in [3.63, 3.8) is 0 Å². The van der Waals surface area contributed by atoms with Crippen LogP contribution in [0.15, 0.2) is 6.20 Å². The Kier molecular flexibility index (Phi) is 4.62. The fourth-order valence-electron chi connectivity index (χ4n) is 0.924. The minimum atomic E-state index is -4.37. The first kappa shape index (κ1) is 14.4. The number of halogens is 5. The number of hydrogen-bond acceptors (Lipinski definition) is 4. The molecule has 0 atom stereocenters. The average molecular weight is 271 g/mol. The molecule has 0 saturated heterocycles. The van der Waals surface area contributed by atoms with E-state index in [1.807, 2.05) is 0 Å². The van der Waals surface area contributed by atoms with Gasteiger partial charge < -0.3 is 10.1 Å². The minimum absolute atomic E-state index is 0.0470. The Morgan fingerprint density at radius 2 is 2.11 bits per heavy atom. The predicted molar refractivity (Wildman–Crippen MR) is 52.6 cm³/mol. The summed E-state index contributed by atoms with van der Waals surface area (Å²) in [6.45, 7) is 0.459. The van der Waals surface area contributed by atoms with Crippen molar-refractivity contribution in [1.82, 2.24) is 9.97 Å². The van der Waals surface area contributed by atoms with Gasteiger partial charge in [-0.15, -0.1) is 0 Å². The van der Waals surface area contributed by atoms with Crippen LogP contribution in [0.1, 0.15) is 6.92 Å². The van der Waals surface area contributed by atoms with Crippen molar-refractivity contribution in [1.29, 1.82) is 0 Å². The van der Waals surface area contributed by atoms with Crippen LogP contribution in [0.3, 0.4) is 0 Å². The van der Waals surface area contributed by atoms with E-state index in [0.717, 1.165) is 0 Å². The van der Waals surface area contributed by atoms with Crippen molar-refractivity contribution < 1.29 is 26.7 Å². The SMILES string of the molecule is CCNc1ncc(F)c(OCC(F)(F)C(F)F)n1. The van der Waals surface area contributed by atoms with Gasteiger partial charge >= 0.3 is 12.3 Å². The van der Waals surface area contributed by atoms with Crippen molar-refractivity contribution >= 4 is 5.95 Å². The van der Waals surface area contributed by atoms with Gasteiger partial charge in [-0.2, -0.15) is 18.2 Å². The summed E-state index contributed by atoms with van der Waals surface area (Å²) in [7, 11) is 0. The summed E-state index contributed by atoms with van der Waals surface area (Å²) < 4.78 is 66.1. The maximum atomic E-state index is 13.1. The number of hydrogen-bond donors (Lipinski definition) is 1. The second kappa shape index (κ2) is 5.78. The van der Waals surface area contributed by atoms with Gasteiger partial charge in [0.15, 0.2) is 6.61 Å². The van der Waals surface area contributed by atoms with Gasteiger partial charge in [-0.3, -0.25) is 0 Å². The van der Waals surface area contributed by atoms with Crippen molar-refractivity contribution in [2.24, 2.45) is 0 Å². The van der Waals surface area contributed by atoms with Crippen LogP contribution >= 0.6 is 0 Å². The summed E-state index contributed by atoms with van der Waals surface area (Å²) in [5, 5.41) is 2.59. The molecule has 1 aromatic rings. The lowest BCUT2D eigenvalue weighted by Crippen LogP contribution is -2.34. The van der Waals surface area contributed by atoms with Crippen LogP contribution in [0.25, 0.3) is 0 Å². The zero-order chi connectivity index (χ0) is 13.8. The molecule has 18 heavy (non-hydrogen) atoms. The number of rotatable bonds is 6. The Hall–Kier alpha value is -1.67. The highest BCUT2D eigenvalue weighted by Crippen LogP contribution is 2.24. The van der Waals surface area contributed by atoms with Crippen LogP contribution in [0.5, 0.6) is 5.88 Å². The first-order valence-electron chi connectivity index (χ1n) is 4.92. The summed E-state index contributed by atoms with van der Waals surface area (Å²) >= 11 is 0. The first-order chi connectivity index (χ1) is 8.36. The Morgan fingerprint density at radius 1 is 1.44 bits per heavy atom. The van der Waals surface area contributed by atoms with E-state index in [1.165, 1.54) is 0 Å². The summed E-state index contributed by atoms with van der Waals surface area (Å²) in [6, 6.07) is 0. The zero-order valence-corrected chi connectivity index (χ0v) is 9.26. The molecule has 4 nitrogen and oxygen atoms in total. The van der Waals surface area contributed by atoms with Crippen LogP contribution in [0, 0.1) is 5.82 Å². The quantitative estimate of drug-likeness (QED) is 0.807. The molecule has 1 heterocycles. The molecule has 0 bridgehead atoms. The fourth-order valence-corrected chi connectivity index (χ4v) is 0.924. The minimum Gasteiger partial charge on any atom is -0.469 e. The van der Waals surface area contributed by atoms with Crippen molar-refractivity contribution in [3.8, 4) is 5.88 Å². The van der Waals surface area contributed by atoms with E-state index < -0.39 is 30.7 Å². The van der Waals surface area contributed by atoms with Gasteiger partial charge in [0.05, 0.1) is 6.20 Å². The number of ether oxygens (including phenoxy) is 1. The molecule has 1 N–H and O–H groups in total. The smallest absolute Gasteiger partial charge is 0.340 e. The second-order valence-corrected chi connectivity index (χ2v) is 3.23. The molecule has 0 aromatic carbocycles. The highest BCUT2D eigenvalue weighted by Gasteiger charge is 2.42. The third-order valence-electron chi connectivity index (χ3n) is 1.77. The van der Waals surface area contributed by atoms with Gasteiger partial charge in [-0.1, -0.05) is 0 Å². The maximum Gasteiger partial charge on any atom is 0.340 e. The number of nitrogens with one attached hydrogen (secondary N) is 1. The summed E-state index contributed by atoms with van der Waals surface area (Å²) in [5.74, 6) is -6.33. The van der Waals surface area contributed by atoms with E-state index in [0.29, 0.717) is 12.7 Å². The molecule has 0 fully saturated rings. The third-order valence-corrected chi connectivity index (χ3v) is 1.77. The normalized spacial score (nSPS) is 11.7. The molecule has 1 rings (SSSR count). The number of nitrogens with zero attached hydrogens (tertiary/aromatic N) is 2. The maximum absolute atomic E-state index is 13.1. The standard InChI is InChI=1S/C9H10F5N3O/c1-2-15-8-16-3-5(10)6(17-8)18-4-9(13,14)7(11)12/h3,7H,2,4H2,1H3,(H,15,16,17). The molecule has 0 aliphatic rings. The van der Waals surface area contributed by atoms with E-state index in [1.54, 1.807) is 6.92 Å². The monoisotopic (exact) mass is 271 g/mol. The van der Waals surface area contributed by atoms with E-state index in [-0.39, 0.29) is 5.95 Å². The number of anilines is 1. The highest BCUT2D eigenvalue weighted by molar-refractivity contribution is 5.28. The molecule has 102 valence electrons. The second-order valence-electron chi connectivity index (χ2n) is 3.23. The van der Waals surface area contributed by atoms with Crippen LogP contribution in [0.2, 0.25) is 0 Å². The molecule has 0 radical (unpaired) electrons. The van der Waals surface area contributed by atoms with Crippen LogP contribution in [0.4, 0.5) is 27.9 Å². The van der Waals surface area contributed by atoms with Gasteiger partial charge in [0.2, 0.25) is 11.8 Å². The van der Waals surface area contributed by atoms with Crippen molar-refractivity contribution in [2.45, 2.75) is 19.3 Å². The van der Waals surface area contributed by atoms with Gasteiger partial charge in [-0.05, 0) is 6.92 Å².